The number of nitrogens with zero attached hydrogens (tertiary/aromatic N) is 1. The molecule has 0 spiro atoms. The van der Waals surface area contributed by atoms with E-state index in [1.165, 1.54) is 0 Å². The van der Waals surface area contributed by atoms with Gasteiger partial charge in [0.1, 0.15) is 10.7 Å². The average Bonchev–Trinajstić information content (AvgIpc) is 2.20. The first-order valence-corrected chi connectivity index (χ1v) is 6.18. The minimum atomic E-state index is -0.522. The second-order valence-corrected chi connectivity index (χ2v) is 5.07. The van der Waals surface area contributed by atoms with Crippen molar-refractivity contribution in [2.45, 2.75) is 25.3 Å². The van der Waals surface area contributed by atoms with E-state index in [1.54, 1.807) is 23.9 Å². The first kappa shape index (κ1) is 12.8. The summed E-state index contributed by atoms with van der Waals surface area (Å²) in [5.41, 5.74) is 11.8. The fraction of sp³-hybridized carbons (Fsp3) is 0.455. The predicted molar refractivity (Wildman–Crippen MR) is 67.3 cm³/mol. The van der Waals surface area contributed by atoms with Gasteiger partial charge in [-0.1, -0.05) is 13.8 Å². The molecule has 0 radical (unpaired) electrons. The second kappa shape index (κ2) is 5.75. The molecule has 0 unspecified atom stereocenters. The van der Waals surface area contributed by atoms with Crippen LogP contribution >= 0.6 is 11.8 Å². The summed E-state index contributed by atoms with van der Waals surface area (Å²) in [7, 11) is 0. The third-order valence-corrected chi connectivity index (χ3v) is 3.12. The molecule has 1 amide bonds. The number of pyridine rings is 1. The maximum absolute atomic E-state index is 11.0. The molecule has 88 valence electrons. The molecule has 4 N–H and O–H groups in total. The Morgan fingerprint density at radius 3 is 2.75 bits per heavy atom. The van der Waals surface area contributed by atoms with Crippen LogP contribution in [0.3, 0.4) is 0 Å². The minimum Gasteiger partial charge on any atom is -0.397 e. The van der Waals surface area contributed by atoms with Gasteiger partial charge in [0, 0.05) is 0 Å². The molecule has 4 nitrogen and oxygen atoms in total. The lowest BCUT2D eigenvalue weighted by Crippen LogP contribution is -2.13. The summed E-state index contributed by atoms with van der Waals surface area (Å²) in [4.78, 5) is 15.1. The molecule has 1 aromatic heterocycles. The Bertz CT molecular complexity index is 379. The number of rotatable bonds is 5. The zero-order valence-electron chi connectivity index (χ0n) is 9.56. The zero-order valence-corrected chi connectivity index (χ0v) is 10.4. The monoisotopic (exact) mass is 239 g/mol. The quantitative estimate of drug-likeness (QED) is 0.769. The van der Waals surface area contributed by atoms with Gasteiger partial charge in [-0.2, -0.15) is 0 Å². The van der Waals surface area contributed by atoms with Crippen molar-refractivity contribution in [2.75, 3.05) is 11.5 Å². The summed E-state index contributed by atoms with van der Waals surface area (Å²) in [5, 5.41) is 0.692. The highest BCUT2D eigenvalue weighted by Crippen LogP contribution is 2.24. The molecule has 0 bridgehead atoms. The van der Waals surface area contributed by atoms with Crippen LogP contribution in [-0.4, -0.2) is 16.6 Å². The second-order valence-electron chi connectivity index (χ2n) is 3.99. The van der Waals surface area contributed by atoms with Crippen LogP contribution in [-0.2, 0) is 0 Å². The summed E-state index contributed by atoms with van der Waals surface area (Å²) in [6.45, 7) is 4.33. The van der Waals surface area contributed by atoms with Gasteiger partial charge in [0.25, 0.3) is 5.91 Å². The number of anilines is 1. The Balaban J connectivity index is 2.70. The third kappa shape index (κ3) is 3.73. The lowest BCUT2D eigenvalue weighted by Gasteiger charge is -2.07. The number of hydrogen-bond donors (Lipinski definition) is 2. The standard InChI is InChI=1S/C11H17N3OS/c1-7(2)5-6-16-11-8(12)3-4-9(14-11)10(13)15/h3-4,7H,5-6,12H2,1-2H3,(H2,13,15). The van der Waals surface area contributed by atoms with Crippen LogP contribution in [0.1, 0.15) is 30.8 Å². The van der Waals surface area contributed by atoms with E-state index in [4.69, 9.17) is 11.5 Å². The maximum Gasteiger partial charge on any atom is 0.267 e. The van der Waals surface area contributed by atoms with Crippen LogP contribution in [0, 0.1) is 5.92 Å². The molecule has 1 aromatic rings. The average molecular weight is 239 g/mol. The molecule has 16 heavy (non-hydrogen) atoms. The number of carbonyl (C=O) groups excluding carboxylic acids is 1. The molecule has 1 heterocycles. The van der Waals surface area contributed by atoms with E-state index < -0.39 is 5.91 Å². The number of nitrogen functional groups attached to an aromatic ring is 1. The van der Waals surface area contributed by atoms with Gasteiger partial charge in [0.15, 0.2) is 0 Å². The van der Waals surface area contributed by atoms with Crippen LogP contribution in [0.2, 0.25) is 0 Å². The summed E-state index contributed by atoms with van der Waals surface area (Å²) in [6.07, 6.45) is 1.09. The highest BCUT2D eigenvalue weighted by Gasteiger charge is 2.07. The van der Waals surface area contributed by atoms with Gasteiger partial charge >= 0.3 is 0 Å². The molecule has 0 saturated carbocycles. The van der Waals surface area contributed by atoms with E-state index in [1.807, 2.05) is 0 Å². The van der Waals surface area contributed by atoms with Crippen molar-refractivity contribution in [1.82, 2.24) is 4.98 Å². The van der Waals surface area contributed by atoms with E-state index >= 15 is 0 Å². The number of thioether (sulfide) groups is 1. The van der Waals surface area contributed by atoms with Crippen LogP contribution in [0.15, 0.2) is 17.2 Å². The lowest BCUT2D eigenvalue weighted by molar-refractivity contribution is 0.0995. The first-order valence-electron chi connectivity index (χ1n) is 5.20. The van der Waals surface area contributed by atoms with E-state index in [9.17, 15) is 4.79 Å². The fourth-order valence-electron chi connectivity index (χ4n) is 1.10. The molecule has 0 saturated heterocycles. The van der Waals surface area contributed by atoms with Gasteiger partial charge in [-0.25, -0.2) is 4.98 Å². The Kier molecular flexibility index (Phi) is 4.61. The van der Waals surface area contributed by atoms with Crippen molar-refractivity contribution < 1.29 is 4.79 Å². The van der Waals surface area contributed by atoms with E-state index in [0.29, 0.717) is 16.6 Å². The molecule has 0 atom stereocenters. The summed E-state index contributed by atoms with van der Waals surface area (Å²) >= 11 is 1.56. The topological polar surface area (TPSA) is 82.0 Å². The van der Waals surface area contributed by atoms with Crippen molar-refractivity contribution in [3.8, 4) is 0 Å². The Morgan fingerprint density at radius 2 is 2.19 bits per heavy atom. The van der Waals surface area contributed by atoms with Gasteiger partial charge in [-0.15, -0.1) is 11.8 Å². The number of hydrogen-bond acceptors (Lipinski definition) is 4. The van der Waals surface area contributed by atoms with Crippen molar-refractivity contribution in [3.63, 3.8) is 0 Å². The molecule has 0 aromatic carbocycles. The number of aromatic nitrogens is 1. The van der Waals surface area contributed by atoms with E-state index in [2.05, 4.69) is 18.8 Å². The number of amides is 1. The highest BCUT2D eigenvalue weighted by atomic mass is 32.2. The third-order valence-electron chi connectivity index (χ3n) is 2.08. The summed E-state index contributed by atoms with van der Waals surface area (Å²) in [5.74, 6) is 1.07. The molecular formula is C11H17N3OS. The minimum absolute atomic E-state index is 0.265. The van der Waals surface area contributed by atoms with Gasteiger partial charge < -0.3 is 11.5 Å². The van der Waals surface area contributed by atoms with Gasteiger partial charge in [0.05, 0.1) is 5.69 Å². The van der Waals surface area contributed by atoms with Crippen LogP contribution in [0.25, 0.3) is 0 Å². The fourth-order valence-corrected chi connectivity index (χ4v) is 2.28. The van der Waals surface area contributed by atoms with Gasteiger partial charge in [-0.3, -0.25) is 4.79 Å². The van der Waals surface area contributed by atoms with Crippen LogP contribution in [0.4, 0.5) is 5.69 Å². The van der Waals surface area contributed by atoms with Gasteiger partial charge in [-0.05, 0) is 30.2 Å². The van der Waals surface area contributed by atoms with Crippen LogP contribution in [0.5, 0.6) is 0 Å². The lowest BCUT2D eigenvalue weighted by atomic mass is 10.2. The van der Waals surface area contributed by atoms with E-state index in [-0.39, 0.29) is 5.69 Å². The smallest absolute Gasteiger partial charge is 0.267 e. The van der Waals surface area contributed by atoms with E-state index in [0.717, 1.165) is 12.2 Å². The summed E-state index contributed by atoms with van der Waals surface area (Å²) in [6, 6.07) is 3.22. The number of carbonyl (C=O) groups is 1. The number of primary amides is 1. The molecule has 0 aliphatic rings. The maximum atomic E-state index is 11.0. The highest BCUT2D eigenvalue weighted by molar-refractivity contribution is 7.99. The SMILES string of the molecule is CC(C)CCSc1nc(C(N)=O)ccc1N. The Hall–Kier alpha value is -1.23. The number of nitrogens with two attached hydrogens (primary N) is 2. The normalized spacial score (nSPS) is 10.7. The van der Waals surface area contributed by atoms with Crippen LogP contribution < -0.4 is 11.5 Å². The molecule has 5 heteroatoms. The van der Waals surface area contributed by atoms with Crippen molar-refractivity contribution in [2.24, 2.45) is 11.7 Å². The van der Waals surface area contributed by atoms with Crippen molar-refractivity contribution in [3.05, 3.63) is 17.8 Å². The Labute approximate surface area is 99.8 Å². The predicted octanol–water partition coefficient (Wildman–Crippen LogP) is 1.90. The molecule has 0 aliphatic carbocycles. The van der Waals surface area contributed by atoms with Crippen molar-refractivity contribution >= 4 is 23.4 Å². The molecule has 1 rings (SSSR count). The largest absolute Gasteiger partial charge is 0.397 e. The van der Waals surface area contributed by atoms with Gasteiger partial charge in [0.2, 0.25) is 0 Å². The zero-order chi connectivity index (χ0) is 12.1. The van der Waals surface area contributed by atoms with Crippen molar-refractivity contribution in [1.29, 1.82) is 0 Å². The Morgan fingerprint density at radius 1 is 1.50 bits per heavy atom. The molecule has 0 fully saturated rings. The molecule has 0 aliphatic heterocycles. The molecular weight excluding hydrogens is 222 g/mol. The first-order chi connectivity index (χ1) is 7.50. The summed E-state index contributed by atoms with van der Waals surface area (Å²) < 4.78 is 0.